The molecule has 31 heavy (non-hydrogen) atoms. The number of hydrogen-bond acceptors (Lipinski definition) is 5. The van der Waals surface area contributed by atoms with Gasteiger partial charge in [0.05, 0.1) is 18.6 Å². The molecule has 156 valence electrons. The molecule has 0 spiro atoms. The third-order valence-corrected chi connectivity index (χ3v) is 6.39. The van der Waals surface area contributed by atoms with Gasteiger partial charge in [-0.3, -0.25) is 9.36 Å². The summed E-state index contributed by atoms with van der Waals surface area (Å²) >= 11 is 1.41. The Bertz CT molecular complexity index is 1190. The molecule has 3 heterocycles. The van der Waals surface area contributed by atoms with Gasteiger partial charge >= 0.3 is 0 Å². The number of para-hydroxylation sites is 1. The number of thioether (sulfide) groups is 1. The first-order valence-electron chi connectivity index (χ1n) is 10.2. The van der Waals surface area contributed by atoms with Gasteiger partial charge < -0.3 is 9.32 Å². The van der Waals surface area contributed by atoms with Crippen LogP contribution in [0.4, 0.5) is 5.69 Å². The van der Waals surface area contributed by atoms with Crippen LogP contribution in [0, 0.1) is 0 Å². The summed E-state index contributed by atoms with van der Waals surface area (Å²) in [4.78, 5) is 15.0. The third-order valence-electron chi connectivity index (χ3n) is 5.44. The molecule has 2 aromatic heterocycles. The summed E-state index contributed by atoms with van der Waals surface area (Å²) in [6.45, 7) is 2.69. The molecule has 0 radical (unpaired) electrons. The Morgan fingerprint density at radius 3 is 2.68 bits per heavy atom. The van der Waals surface area contributed by atoms with Crippen LogP contribution in [0.2, 0.25) is 0 Å². The first kappa shape index (κ1) is 19.6. The van der Waals surface area contributed by atoms with Gasteiger partial charge in [0, 0.05) is 11.7 Å². The number of carbonyl (C=O) groups excluding carboxylic acids is 1. The van der Waals surface area contributed by atoms with Gasteiger partial charge in [0.15, 0.2) is 10.9 Å². The third kappa shape index (κ3) is 3.88. The number of carbonyl (C=O) groups is 1. The Hall–Kier alpha value is -3.32. The molecule has 0 bridgehead atoms. The van der Waals surface area contributed by atoms with E-state index < -0.39 is 0 Å². The van der Waals surface area contributed by atoms with E-state index >= 15 is 0 Å². The molecule has 0 fully saturated rings. The molecule has 4 aromatic rings. The van der Waals surface area contributed by atoms with Crippen molar-refractivity contribution in [3.63, 3.8) is 0 Å². The maximum Gasteiger partial charge on any atom is 0.237 e. The predicted octanol–water partition coefficient (Wildman–Crippen LogP) is 4.66. The van der Waals surface area contributed by atoms with Gasteiger partial charge in [-0.15, -0.1) is 10.2 Å². The highest BCUT2D eigenvalue weighted by molar-refractivity contribution is 7.99. The van der Waals surface area contributed by atoms with Gasteiger partial charge in [0.25, 0.3) is 0 Å². The van der Waals surface area contributed by atoms with E-state index in [1.807, 2.05) is 58.0 Å². The van der Waals surface area contributed by atoms with Crippen molar-refractivity contribution in [3.8, 4) is 11.6 Å². The van der Waals surface area contributed by atoms with Gasteiger partial charge in [-0.05, 0) is 42.7 Å². The number of nitrogens with zero attached hydrogens (tertiary/aromatic N) is 4. The summed E-state index contributed by atoms with van der Waals surface area (Å²) in [6, 6.07) is 22.1. The van der Waals surface area contributed by atoms with Crippen molar-refractivity contribution in [2.45, 2.75) is 31.1 Å². The van der Waals surface area contributed by atoms with E-state index in [0.29, 0.717) is 29.0 Å². The number of furan rings is 1. The average molecular weight is 431 g/mol. The Morgan fingerprint density at radius 1 is 1.06 bits per heavy atom. The zero-order chi connectivity index (χ0) is 21.2. The van der Waals surface area contributed by atoms with Crippen LogP contribution in [0.5, 0.6) is 0 Å². The van der Waals surface area contributed by atoms with Crippen molar-refractivity contribution >= 4 is 23.4 Å². The molecule has 1 unspecified atom stereocenters. The Balaban J connectivity index is 1.39. The summed E-state index contributed by atoms with van der Waals surface area (Å²) in [5, 5.41) is 9.43. The summed E-state index contributed by atoms with van der Waals surface area (Å²) in [5.41, 5.74) is 3.37. The second kappa shape index (κ2) is 8.43. The molecule has 1 atom stereocenters. The average Bonchev–Trinajstić information content (AvgIpc) is 3.51. The lowest BCUT2D eigenvalue weighted by molar-refractivity contribution is -0.116. The molecule has 0 saturated heterocycles. The highest BCUT2D eigenvalue weighted by Gasteiger charge is 2.30. The first-order chi connectivity index (χ1) is 15.2. The van der Waals surface area contributed by atoms with Crippen molar-refractivity contribution < 1.29 is 9.21 Å². The lowest BCUT2D eigenvalue weighted by Crippen LogP contribution is -2.37. The molecule has 5 rings (SSSR count). The molecular weight excluding hydrogens is 408 g/mol. The van der Waals surface area contributed by atoms with Crippen LogP contribution in [0.3, 0.4) is 0 Å². The van der Waals surface area contributed by atoms with E-state index in [1.54, 1.807) is 6.26 Å². The van der Waals surface area contributed by atoms with Crippen LogP contribution < -0.4 is 4.90 Å². The Kier molecular flexibility index (Phi) is 5.34. The maximum atomic E-state index is 13.1. The van der Waals surface area contributed by atoms with Crippen LogP contribution >= 0.6 is 11.8 Å². The van der Waals surface area contributed by atoms with E-state index in [-0.39, 0.29) is 11.9 Å². The van der Waals surface area contributed by atoms with Crippen LogP contribution in [0.1, 0.15) is 18.1 Å². The van der Waals surface area contributed by atoms with Crippen LogP contribution in [-0.2, 0) is 17.8 Å². The summed E-state index contributed by atoms with van der Waals surface area (Å²) < 4.78 is 7.57. The molecule has 6 nitrogen and oxygen atoms in total. The predicted molar refractivity (Wildman–Crippen MR) is 121 cm³/mol. The molecule has 0 N–H and O–H groups in total. The molecular formula is C24H22N4O2S. The van der Waals surface area contributed by atoms with Crippen molar-refractivity contribution in [2.75, 3.05) is 10.7 Å². The van der Waals surface area contributed by atoms with E-state index in [0.717, 1.165) is 17.7 Å². The van der Waals surface area contributed by atoms with Gasteiger partial charge in [-0.25, -0.2) is 0 Å². The van der Waals surface area contributed by atoms with Gasteiger partial charge in [0.1, 0.15) is 0 Å². The maximum absolute atomic E-state index is 13.1. The van der Waals surface area contributed by atoms with Crippen LogP contribution in [-0.4, -0.2) is 32.5 Å². The largest absolute Gasteiger partial charge is 0.461 e. The number of anilines is 1. The molecule has 0 aliphatic carbocycles. The topological polar surface area (TPSA) is 64.2 Å². The number of benzene rings is 2. The smallest absolute Gasteiger partial charge is 0.237 e. The summed E-state index contributed by atoms with van der Waals surface area (Å²) in [5.74, 6) is 1.69. The van der Waals surface area contributed by atoms with Crippen molar-refractivity contribution in [2.24, 2.45) is 0 Å². The quantitative estimate of drug-likeness (QED) is 0.417. The second-order valence-electron chi connectivity index (χ2n) is 7.59. The van der Waals surface area contributed by atoms with Crippen molar-refractivity contribution in [1.29, 1.82) is 0 Å². The molecule has 0 saturated carbocycles. The number of fused-ring (bicyclic) bond motifs is 1. The van der Waals surface area contributed by atoms with Crippen molar-refractivity contribution in [1.82, 2.24) is 14.8 Å². The minimum atomic E-state index is 0.0799. The number of hydrogen-bond donors (Lipinski definition) is 0. The summed E-state index contributed by atoms with van der Waals surface area (Å²) in [6.07, 6.45) is 2.51. The van der Waals surface area contributed by atoms with Crippen LogP contribution in [0.15, 0.2) is 82.6 Å². The van der Waals surface area contributed by atoms with Crippen molar-refractivity contribution in [3.05, 3.63) is 84.1 Å². The van der Waals surface area contributed by atoms with E-state index in [4.69, 9.17) is 4.42 Å². The number of aromatic nitrogens is 3. The van der Waals surface area contributed by atoms with E-state index in [1.165, 1.54) is 17.3 Å². The molecule has 1 aliphatic rings. The zero-order valence-electron chi connectivity index (χ0n) is 17.1. The first-order valence-corrected chi connectivity index (χ1v) is 11.2. The monoisotopic (exact) mass is 430 g/mol. The van der Waals surface area contributed by atoms with E-state index in [2.05, 4.69) is 35.3 Å². The lowest BCUT2D eigenvalue weighted by atomic mass is 10.1. The normalized spacial score (nSPS) is 15.3. The molecule has 2 aromatic carbocycles. The summed E-state index contributed by atoms with van der Waals surface area (Å²) in [7, 11) is 0. The minimum Gasteiger partial charge on any atom is -0.461 e. The van der Waals surface area contributed by atoms with E-state index in [9.17, 15) is 4.79 Å². The molecule has 7 heteroatoms. The fourth-order valence-corrected chi connectivity index (χ4v) is 4.83. The Morgan fingerprint density at radius 2 is 1.87 bits per heavy atom. The fourth-order valence-electron chi connectivity index (χ4n) is 4.03. The SMILES string of the molecule is CC1Cc2ccccc2N1C(=O)CSc1nnc(-c2ccco2)n1Cc1ccccc1. The molecule has 1 aliphatic heterocycles. The minimum absolute atomic E-state index is 0.0799. The standard InChI is InChI=1S/C24H22N4O2S/c1-17-14-19-10-5-6-11-20(19)28(17)22(29)16-31-24-26-25-23(21-12-7-13-30-21)27(24)15-18-8-3-2-4-9-18/h2-13,17H,14-16H2,1H3. The molecule has 1 amide bonds. The Labute approximate surface area is 184 Å². The highest BCUT2D eigenvalue weighted by Crippen LogP contribution is 2.33. The van der Waals surface area contributed by atoms with Gasteiger partial charge in [-0.2, -0.15) is 0 Å². The number of amides is 1. The zero-order valence-corrected chi connectivity index (χ0v) is 18.0. The second-order valence-corrected chi connectivity index (χ2v) is 8.53. The fraction of sp³-hybridized carbons (Fsp3) is 0.208. The van der Waals surface area contributed by atoms with Crippen LogP contribution in [0.25, 0.3) is 11.6 Å². The van der Waals surface area contributed by atoms with Gasteiger partial charge in [-0.1, -0.05) is 60.3 Å². The van der Waals surface area contributed by atoms with Gasteiger partial charge in [0.2, 0.25) is 11.7 Å². The highest BCUT2D eigenvalue weighted by atomic mass is 32.2. The lowest BCUT2D eigenvalue weighted by Gasteiger charge is -2.22. The number of rotatable bonds is 6.